The zero-order chi connectivity index (χ0) is 15.6. The number of primary amides is 1. The smallest absolute Gasteiger partial charge is 0.221 e. The predicted molar refractivity (Wildman–Crippen MR) is 73.6 cm³/mol. The molecule has 1 saturated heterocycles. The van der Waals surface area contributed by atoms with Crippen LogP contribution in [0, 0.1) is 17.6 Å². The summed E-state index contributed by atoms with van der Waals surface area (Å²) in [5.74, 6) is -2.68. The molecule has 1 aromatic carbocycles. The zero-order valence-electron chi connectivity index (χ0n) is 11.8. The van der Waals surface area contributed by atoms with Crippen molar-refractivity contribution >= 4 is 11.7 Å². The summed E-state index contributed by atoms with van der Waals surface area (Å²) in [4.78, 5) is 25.2. The lowest BCUT2D eigenvalue weighted by Gasteiger charge is -2.36. The van der Waals surface area contributed by atoms with Crippen LogP contribution in [-0.4, -0.2) is 35.7 Å². The van der Waals surface area contributed by atoms with Gasteiger partial charge in [0.25, 0.3) is 0 Å². The highest BCUT2D eigenvalue weighted by Crippen LogP contribution is 2.22. The molecule has 1 aromatic rings. The number of rotatable bonds is 4. The van der Waals surface area contributed by atoms with Gasteiger partial charge in [0, 0.05) is 18.7 Å². The Balaban J connectivity index is 2.08. The molecular formula is C15H18F2N2O2. The third-order valence-electron chi connectivity index (χ3n) is 3.99. The van der Waals surface area contributed by atoms with E-state index >= 15 is 0 Å². The van der Waals surface area contributed by atoms with Crippen LogP contribution in [0.5, 0.6) is 0 Å². The molecule has 1 aliphatic rings. The van der Waals surface area contributed by atoms with Gasteiger partial charge in [0.1, 0.15) is 11.6 Å². The summed E-state index contributed by atoms with van der Waals surface area (Å²) in [5, 5.41) is 0. The van der Waals surface area contributed by atoms with E-state index in [1.54, 1.807) is 0 Å². The average molecular weight is 296 g/mol. The first kappa shape index (κ1) is 15.6. The quantitative estimate of drug-likeness (QED) is 0.861. The molecule has 4 nitrogen and oxygen atoms in total. The van der Waals surface area contributed by atoms with Gasteiger partial charge in [-0.25, -0.2) is 8.78 Å². The Morgan fingerprint density at radius 3 is 2.67 bits per heavy atom. The van der Waals surface area contributed by atoms with Crippen LogP contribution in [0.1, 0.15) is 30.1 Å². The van der Waals surface area contributed by atoms with E-state index in [4.69, 9.17) is 5.73 Å². The number of hydrogen-bond acceptors (Lipinski definition) is 3. The molecule has 1 fully saturated rings. The van der Waals surface area contributed by atoms with E-state index in [1.165, 1.54) is 0 Å². The molecule has 1 amide bonds. The van der Waals surface area contributed by atoms with Crippen LogP contribution in [0.3, 0.4) is 0 Å². The Hall–Kier alpha value is -1.82. The molecule has 2 atom stereocenters. The van der Waals surface area contributed by atoms with Gasteiger partial charge < -0.3 is 5.73 Å². The number of likely N-dealkylation sites (tertiary alicyclic amines) is 1. The molecule has 6 heteroatoms. The second-order valence-corrected chi connectivity index (χ2v) is 5.50. The van der Waals surface area contributed by atoms with Crippen molar-refractivity contribution in [2.24, 2.45) is 11.7 Å². The predicted octanol–water partition coefficient (Wildman–Crippen LogP) is 1.73. The maximum absolute atomic E-state index is 13.6. The van der Waals surface area contributed by atoms with Crippen molar-refractivity contribution in [2.45, 2.75) is 25.8 Å². The number of nitrogens with two attached hydrogens (primary N) is 1. The number of benzene rings is 1. The molecule has 0 bridgehead atoms. The van der Waals surface area contributed by atoms with Crippen molar-refractivity contribution in [1.82, 2.24) is 4.90 Å². The third-order valence-corrected chi connectivity index (χ3v) is 3.99. The summed E-state index contributed by atoms with van der Waals surface area (Å²) in [7, 11) is 0. The van der Waals surface area contributed by atoms with Crippen LogP contribution >= 0.6 is 0 Å². The topological polar surface area (TPSA) is 63.4 Å². The molecule has 21 heavy (non-hydrogen) atoms. The minimum atomic E-state index is -0.865. The molecule has 114 valence electrons. The van der Waals surface area contributed by atoms with Crippen molar-refractivity contribution < 1.29 is 18.4 Å². The number of ketones is 1. The molecule has 0 aliphatic carbocycles. The van der Waals surface area contributed by atoms with Crippen LogP contribution < -0.4 is 5.73 Å². The molecule has 0 aromatic heterocycles. The second kappa shape index (κ2) is 6.30. The summed E-state index contributed by atoms with van der Waals surface area (Å²) >= 11 is 0. The average Bonchev–Trinajstić information content (AvgIpc) is 2.40. The number of amides is 1. The fourth-order valence-electron chi connectivity index (χ4n) is 2.62. The summed E-state index contributed by atoms with van der Waals surface area (Å²) < 4.78 is 26.5. The maximum atomic E-state index is 13.6. The van der Waals surface area contributed by atoms with Gasteiger partial charge in [0.05, 0.1) is 18.0 Å². The number of hydrogen-bond donors (Lipinski definition) is 1. The van der Waals surface area contributed by atoms with Crippen LogP contribution in [0.15, 0.2) is 18.2 Å². The minimum Gasteiger partial charge on any atom is -0.369 e. The normalized spacial score (nSPS) is 23.0. The van der Waals surface area contributed by atoms with E-state index in [0.29, 0.717) is 19.0 Å². The molecule has 2 unspecified atom stereocenters. The molecule has 1 aliphatic heterocycles. The highest BCUT2D eigenvalue weighted by Gasteiger charge is 2.30. The number of carbonyl (C=O) groups is 2. The number of carbonyl (C=O) groups excluding carboxylic acids is 2. The van der Waals surface area contributed by atoms with Crippen molar-refractivity contribution in [3.05, 3.63) is 35.4 Å². The highest BCUT2D eigenvalue weighted by molar-refractivity contribution is 5.97. The molecule has 0 radical (unpaired) electrons. The number of Topliss-reactive ketones (excluding diaryl/α,β-unsaturated/α-hetero) is 1. The summed E-state index contributed by atoms with van der Waals surface area (Å²) in [5.41, 5.74) is 5.17. The number of halogens is 2. The fourth-order valence-corrected chi connectivity index (χ4v) is 2.62. The second-order valence-electron chi connectivity index (χ2n) is 5.50. The lowest BCUT2D eigenvalue weighted by Crippen LogP contribution is -2.47. The third kappa shape index (κ3) is 3.64. The highest BCUT2D eigenvalue weighted by atomic mass is 19.1. The first-order chi connectivity index (χ1) is 9.88. The maximum Gasteiger partial charge on any atom is 0.221 e. The largest absolute Gasteiger partial charge is 0.369 e. The van der Waals surface area contributed by atoms with Crippen LogP contribution in [-0.2, 0) is 4.79 Å². The van der Waals surface area contributed by atoms with Gasteiger partial charge >= 0.3 is 0 Å². The lowest BCUT2D eigenvalue weighted by atomic mass is 9.92. The molecule has 0 spiro atoms. The van der Waals surface area contributed by atoms with Crippen molar-refractivity contribution in [3.8, 4) is 0 Å². The fraction of sp³-hybridized carbons (Fsp3) is 0.467. The van der Waals surface area contributed by atoms with Gasteiger partial charge in [-0.15, -0.1) is 0 Å². The molecule has 2 rings (SSSR count). The van der Waals surface area contributed by atoms with Crippen molar-refractivity contribution in [1.29, 1.82) is 0 Å². The van der Waals surface area contributed by atoms with E-state index < -0.39 is 17.4 Å². The minimum absolute atomic E-state index is 0.00645. The van der Waals surface area contributed by atoms with E-state index in [1.807, 2.05) is 11.8 Å². The summed E-state index contributed by atoms with van der Waals surface area (Å²) in [6.45, 7) is 2.34. The van der Waals surface area contributed by atoms with Gasteiger partial charge in [-0.2, -0.15) is 0 Å². The Bertz CT molecular complexity index is 563. The van der Waals surface area contributed by atoms with Crippen LogP contribution in [0.2, 0.25) is 0 Å². The monoisotopic (exact) mass is 296 g/mol. The van der Waals surface area contributed by atoms with Gasteiger partial charge in [0.15, 0.2) is 5.78 Å². The van der Waals surface area contributed by atoms with Gasteiger partial charge in [-0.1, -0.05) is 0 Å². The van der Waals surface area contributed by atoms with Crippen molar-refractivity contribution in [3.63, 3.8) is 0 Å². The molecular weight excluding hydrogens is 278 g/mol. The van der Waals surface area contributed by atoms with E-state index in [2.05, 4.69) is 0 Å². The standard InChI is InChI=1S/C15H18F2N2O2/c1-9-2-3-10(15(18)21)7-19(9)8-14(20)12-5-4-11(16)6-13(12)17/h4-6,9-10H,2-3,7-8H2,1H3,(H2,18,21). The van der Waals surface area contributed by atoms with Crippen LogP contribution in [0.25, 0.3) is 0 Å². The van der Waals surface area contributed by atoms with Crippen molar-refractivity contribution in [2.75, 3.05) is 13.1 Å². The van der Waals surface area contributed by atoms with Crippen LogP contribution in [0.4, 0.5) is 8.78 Å². The molecule has 1 heterocycles. The van der Waals surface area contributed by atoms with Gasteiger partial charge in [-0.05, 0) is 31.9 Å². The molecule has 2 N–H and O–H groups in total. The van der Waals surface area contributed by atoms with E-state index in [9.17, 15) is 18.4 Å². The number of nitrogens with zero attached hydrogens (tertiary/aromatic N) is 1. The Morgan fingerprint density at radius 1 is 1.33 bits per heavy atom. The first-order valence-electron chi connectivity index (χ1n) is 6.90. The lowest BCUT2D eigenvalue weighted by molar-refractivity contribution is -0.123. The Morgan fingerprint density at radius 2 is 2.05 bits per heavy atom. The van der Waals surface area contributed by atoms with Gasteiger partial charge in [-0.3, -0.25) is 14.5 Å². The summed E-state index contributed by atoms with van der Waals surface area (Å²) in [6, 6.07) is 3.02. The van der Waals surface area contributed by atoms with Gasteiger partial charge in [0.2, 0.25) is 5.91 Å². The van der Waals surface area contributed by atoms with E-state index in [-0.39, 0.29) is 30.0 Å². The first-order valence-corrected chi connectivity index (χ1v) is 6.90. The summed E-state index contributed by atoms with van der Waals surface area (Å²) in [6.07, 6.45) is 1.46. The zero-order valence-corrected chi connectivity index (χ0v) is 11.8. The number of piperidine rings is 1. The van der Waals surface area contributed by atoms with E-state index in [0.717, 1.165) is 18.6 Å². The Labute approximate surface area is 121 Å². The Kier molecular flexibility index (Phi) is 4.67. The molecule has 0 saturated carbocycles. The SMILES string of the molecule is CC1CCC(C(N)=O)CN1CC(=O)c1ccc(F)cc1F.